The van der Waals surface area contributed by atoms with Gasteiger partial charge in [-0.25, -0.2) is 0 Å². The summed E-state index contributed by atoms with van der Waals surface area (Å²) in [5.41, 5.74) is 12.5. The van der Waals surface area contributed by atoms with Crippen LogP contribution in [-0.4, -0.2) is 280 Å². The zero-order chi connectivity index (χ0) is 95.9. The van der Waals surface area contributed by atoms with E-state index in [0.717, 1.165) is 113 Å². The monoisotopic (exact) mass is 1900 g/mol. The van der Waals surface area contributed by atoms with E-state index in [9.17, 15) is 0 Å². The Hall–Kier alpha value is -6.66. The van der Waals surface area contributed by atoms with Crippen LogP contribution in [0, 0.1) is 35.5 Å². The van der Waals surface area contributed by atoms with Gasteiger partial charge in [0.2, 0.25) is 0 Å². The first-order valence-corrected chi connectivity index (χ1v) is 51.4. The summed E-state index contributed by atoms with van der Waals surface area (Å²) in [6.07, 6.45) is 23.4. The largest absolute Gasteiger partial charge is 0.492 e. The van der Waals surface area contributed by atoms with E-state index in [-0.39, 0.29) is 61.9 Å². The Morgan fingerprint density at radius 1 is 0.162 bits per heavy atom. The first-order valence-electron chi connectivity index (χ1n) is 51.4. The quantitative estimate of drug-likeness (QED) is 0.0325. The molecule has 0 atom stereocenters. The van der Waals surface area contributed by atoms with Gasteiger partial charge in [-0.15, -0.1) is 0 Å². The number of unbranched alkanes of at least 4 members (excludes halogenated alkanes) is 16. The molecule has 0 amide bonds. The van der Waals surface area contributed by atoms with E-state index in [1.54, 1.807) is 28.4 Å². The molecule has 0 aromatic heterocycles. The molecular formula is C114H174O22. The van der Waals surface area contributed by atoms with Gasteiger partial charge in [-0.05, 0) is 93.5 Å². The van der Waals surface area contributed by atoms with Crippen molar-refractivity contribution in [3.8, 4) is 78.3 Å². The zero-order valence-corrected chi connectivity index (χ0v) is 84.6. The molecule has 22 heteroatoms. The molecule has 0 fully saturated rings. The summed E-state index contributed by atoms with van der Waals surface area (Å²) in [6.45, 7) is 26.1. The SMILES string of the molecule is CCCCCCCOCC(COCCCCCCC)COCC(COCC(COCCCCCCC)COCCCCCCC)COc1cc(-c2ccc(-c3ccc(-c4ccccc4)cc3)cc2)c(OCC(COCC(COCCOCCOC)COCCOCCOC)COCC(COCCOCCOC)COCCOCCOC)cc1-c1ccc(-c2ccc(-c3ccccc3)cc2)cc1. The zero-order valence-electron chi connectivity index (χ0n) is 84.6. The minimum Gasteiger partial charge on any atom is -0.492 e. The number of benzene rings is 7. The second kappa shape index (κ2) is 79.9. The smallest absolute Gasteiger partial charge is 0.128 e. The van der Waals surface area contributed by atoms with Crippen molar-refractivity contribution in [1.29, 1.82) is 0 Å². The van der Waals surface area contributed by atoms with Gasteiger partial charge in [0.25, 0.3) is 0 Å². The molecule has 0 aliphatic rings. The molecule has 0 saturated heterocycles. The summed E-state index contributed by atoms with van der Waals surface area (Å²) < 4.78 is 138. The first-order chi connectivity index (χ1) is 67.3. The summed E-state index contributed by atoms with van der Waals surface area (Å²) in [5, 5.41) is 0. The Balaban J connectivity index is 1.32. The highest BCUT2D eigenvalue weighted by atomic mass is 16.6. The van der Waals surface area contributed by atoms with Gasteiger partial charge in [-0.1, -0.05) is 288 Å². The van der Waals surface area contributed by atoms with Crippen molar-refractivity contribution in [3.05, 3.63) is 170 Å². The lowest BCUT2D eigenvalue weighted by molar-refractivity contribution is -0.0553. The molecule has 7 aromatic rings. The third-order valence-corrected chi connectivity index (χ3v) is 23.5. The Labute approximate surface area is 819 Å². The molecule has 0 spiro atoms. The highest BCUT2D eigenvalue weighted by molar-refractivity contribution is 5.83. The van der Waals surface area contributed by atoms with Gasteiger partial charge in [0.1, 0.15) is 11.5 Å². The number of hydrogen-bond acceptors (Lipinski definition) is 22. The second-order valence-corrected chi connectivity index (χ2v) is 35.5. The standard InChI is InChI=1S/C114H174O22/c1-9-13-17-21-31-55-123-77-95(78-124-56-32-22-18-14-10-2)85-131-89-99(90-132-86-96(79-125-57-33-23-19-15-11-3)80-126-58-34-24-20-16-12-4)93-135-113-75-112(110-53-49-108(50-54-110)106-45-41-104(42-46-106)102-37-29-26-30-38-102)114(76-111(113)109-51-47-107(48-52-109)105-43-39-103(40-44-105)101-35-27-25-28-36-101)136-94-100(91-133-87-97(81-127-71-67-119-63-59-115-5)82-128-72-68-120-64-60-116-6)92-134-88-98(83-129-73-69-121-65-61-117-7)84-130-74-70-122-66-62-118-8/h25-30,35-54,75-76,95-100H,9-24,31-34,55-74,77-94H2,1-8H3. The molecule has 0 unspecified atom stereocenters. The van der Waals surface area contributed by atoms with Gasteiger partial charge < -0.3 is 104 Å². The molecule has 762 valence electrons. The number of hydrogen-bond donors (Lipinski definition) is 0. The first kappa shape index (κ1) is 116. The van der Waals surface area contributed by atoms with Crippen molar-refractivity contribution in [2.24, 2.45) is 35.5 Å². The van der Waals surface area contributed by atoms with Crippen LogP contribution in [0.1, 0.15) is 156 Å². The minimum absolute atomic E-state index is 0.0302. The molecule has 0 aliphatic carbocycles. The van der Waals surface area contributed by atoms with E-state index in [0.29, 0.717) is 236 Å². The number of ether oxygens (including phenoxy) is 22. The van der Waals surface area contributed by atoms with E-state index in [4.69, 9.17) is 104 Å². The summed E-state index contributed by atoms with van der Waals surface area (Å²) in [4.78, 5) is 0. The molecule has 7 rings (SSSR count). The van der Waals surface area contributed by atoms with Crippen LogP contribution in [0.3, 0.4) is 0 Å². The van der Waals surface area contributed by atoms with Crippen molar-refractivity contribution in [3.63, 3.8) is 0 Å². The minimum atomic E-state index is -0.314. The van der Waals surface area contributed by atoms with E-state index in [2.05, 4.69) is 198 Å². The summed E-state index contributed by atoms with van der Waals surface area (Å²) in [5.74, 6) is 0.561. The Morgan fingerprint density at radius 2 is 0.338 bits per heavy atom. The second-order valence-electron chi connectivity index (χ2n) is 35.5. The fraction of sp³-hybridized carbons (Fsp3) is 0.632. The molecule has 7 aromatic carbocycles. The van der Waals surface area contributed by atoms with Crippen molar-refractivity contribution >= 4 is 0 Å². The van der Waals surface area contributed by atoms with Gasteiger partial charge in [0, 0.05) is 102 Å². The van der Waals surface area contributed by atoms with Crippen molar-refractivity contribution in [2.45, 2.75) is 156 Å². The normalized spacial score (nSPS) is 11.9. The fourth-order valence-electron chi connectivity index (χ4n) is 15.5. The summed E-state index contributed by atoms with van der Waals surface area (Å²) in [6, 6.07) is 60.5. The molecule has 0 aliphatic heterocycles. The maximum absolute atomic E-state index is 7.54. The maximum Gasteiger partial charge on any atom is 0.128 e. The average Bonchev–Trinajstić information content (AvgIpc) is 0.780. The van der Waals surface area contributed by atoms with Crippen LogP contribution in [0.25, 0.3) is 66.8 Å². The molecule has 0 heterocycles. The number of methoxy groups -OCH3 is 4. The predicted octanol–water partition coefficient (Wildman–Crippen LogP) is 22.9. The Kier molecular flexibility index (Phi) is 68.4. The van der Waals surface area contributed by atoms with Gasteiger partial charge in [0.15, 0.2) is 0 Å². The molecular weight excluding hydrogens is 1720 g/mol. The van der Waals surface area contributed by atoms with Crippen LogP contribution in [0.4, 0.5) is 0 Å². The van der Waals surface area contributed by atoms with Gasteiger partial charge >= 0.3 is 0 Å². The highest BCUT2D eigenvalue weighted by Gasteiger charge is 2.25. The summed E-state index contributed by atoms with van der Waals surface area (Å²) >= 11 is 0. The fourth-order valence-corrected chi connectivity index (χ4v) is 15.5. The molecule has 0 saturated carbocycles. The third kappa shape index (κ3) is 53.3. The highest BCUT2D eigenvalue weighted by Crippen LogP contribution is 2.43. The molecule has 0 radical (unpaired) electrons. The van der Waals surface area contributed by atoms with E-state index in [1.165, 1.54) is 82.6 Å². The van der Waals surface area contributed by atoms with E-state index < -0.39 is 0 Å². The topological polar surface area (TPSA) is 203 Å². The summed E-state index contributed by atoms with van der Waals surface area (Å²) in [7, 11) is 6.65. The van der Waals surface area contributed by atoms with Crippen LogP contribution in [0.5, 0.6) is 11.5 Å². The van der Waals surface area contributed by atoms with Crippen molar-refractivity contribution < 1.29 is 104 Å². The van der Waals surface area contributed by atoms with Crippen LogP contribution in [-0.2, 0) is 94.7 Å². The average molecular weight is 1900 g/mol. The molecule has 0 N–H and O–H groups in total. The van der Waals surface area contributed by atoms with E-state index in [1.807, 2.05) is 0 Å². The Bertz CT molecular complexity index is 3450. The van der Waals surface area contributed by atoms with E-state index >= 15 is 0 Å². The van der Waals surface area contributed by atoms with Gasteiger partial charge in [-0.3, -0.25) is 0 Å². The van der Waals surface area contributed by atoms with Gasteiger partial charge in [0.05, 0.1) is 225 Å². The van der Waals surface area contributed by atoms with Crippen molar-refractivity contribution in [1.82, 2.24) is 0 Å². The molecule has 0 bridgehead atoms. The van der Waals surface area contributed by atoms with Crippen LogP contribution in [0.15, 0.2) is 170 Å². The molecule has 22 nitrogen and oxygen atoms in total. The molecule has 136 heavy (non-hydrogen) atoms. The lowest BCUT2D eigenvalue weighted by atomic mass is 9.94. The third-order valence-electron chi connectivity index (χ3n) is 23.5. The van der Waals surface area contributed by atoms with Crippen LogP contribution in [0.2, 0.25) is 0 Å². The van der Waals surface area contributed by atoms with Crippen molar-refractivity contribution in [2.75, 3.05) is 280 Å². The Morgan fingerprint density at radius 3 is 0.559 bits per heavy atom. The number of rotatable bonds is 92. The van der Waals surface area contributed by atoms with Crippen LogP contribution >= 0.6 is 0 Å². The lowest BCUT2D eigenvalue weighted by Gasteiger charge is -2.25. The van der Waals surface area contributed by atoms with Crippen LogP contribution < -0.4 is 9.47 Å². The predicted molar refractivity (Wildman–Crippen MR) is 547 cm³/mol. The lowest BCUT2D eigenvalue weighted by Crippen LogP contribution is -2.30. The maximum atomic E-state index is 7.54. The van der Waals surface area contributed by atoms with Gasteiger partial charge in [-0.2, -0.15) is 0 Å².